The highest BCUT2D eigenvalue weighted by Crippen LogP contribution is 2.38. The SMILES string of the molecule is CCCC(=O)c1ccc(N2CCN(C(=O)c3ccc(F)c(F)c3)CC2)c(C(F)(F)F)c1. The fraction of sp³-hybridized carbons (Fsp3) is 0.364. The number of anilines is 1. The van der Waals surface area contributed by atoms with Gasteiger partial charge in [0.25, 0.3) is 5.91 Å². The number of ketones is 1. The molecule has 0 aromatic heterocycles. The van der Waals surface area contributed by atoms with Gasteiger partial charge in [-0.25, -0.2) is 8.78 Å². The fourth-order valence-corrected chi connectivity index (χ4v) is 3.55. The molecule has 31 heavy (non-hydrogen) atoms. The second-order valence-corrected chi connectivity index (χ2v) is 7.31. The minimum Gasteiger partial charge on any atom is -0.367 e. The van der Waals surface area contributed by atoms with Crippen LogP contribution in [0, 0.1) is 11.6 Å². The van der Waals surface area contributed by atoms with Crippen LogP contribution in [0.25, 0.3) is 0 Å². The minimum absolute atomic E-state index is 0.0186. The number of Topliss-reactive ketones (excluding diaryl/α,β-unsaturated/α-hetero) is 1. The molecule has 0 saturated carbocycles. The monoisotopic (exact) mass is 440 g/mol. The smallest absolute Gasteiger partial charge is 0.367 e. The van der Waals surface area contributed by atoms with Gasteiger partial charge in [-0.1, -0.05) is 6.92 Å². The Hall–Kier alpha value is -2.97. The van der Waals surface area contributed by atoms with E-state index in [2.05, 4.69) is 0 Å². The number of carbonyl (C=O) groups excluding carboxylic acids is 2. The van der Waals surface area contributed by atoms with Crippen LogP contribution in [0.1, 0.15) is 46.0 Å². The van der Waals surface area contributed by atoms with Crippen molar-refractivity contribution in [1.29, 1.82) is 0 Å². The second kappa shape index (κ2) is 9.03. The van der Waals surface area contributed by atoms with Gasteiger partial charge in [-0.2, -0.15) is 13.2 Å². The third-order valence-electron chi connectivity index (χ3n) is 5.18. The van der Waals surface area contributed by atoms with Crippen LogP contribution in [0.5, 0.6) is 0 Å². The summed E-state index contributed by atoms with van der Waals surface area (Å²) in [6, 6.07) is 6.39. The molecule has 166 valence electrons. The first-order chi connectivity index (χ1) is 14.6. The van der Waals surface area contributed by atoms with Crippen molar-refractivity contribution in [2.45, 2.75) is 25.9 Å². The van der Waals surface area contributed by atoms with E-state index in [-0.39, 0.29) is 55.2 Å². The fourth-order valence-electron chi connectivity index (χ4n) is 3.55. The van der Waals surface area contributed by atoms with E-state index < -0.39 is 29.3 Å². The van der Waals surface area contributed by atoms with Gasteiger partial charge in [-0.3, -0.25) is 9.59 Å². The molecular formula is C22H21F5N2O2. The molecule has 1 saturated heterocycles. The number of carbonyl (C=O) groups is 2. The van der Waals surface area contributed by atoms with E-state index in [4.69, 9.17) is 0 Å². The van der Waals surface area contributed by atoms with Crippen LogP contribution in [0.3, 0.4) is 0 Å². The van der Waals surface area contributed by atoms with Crippen LogP contribution >= 0.6 is 0 Å². The Morgan fingerprint density at radius 1 is 0.903 bits per heavy atom. The normalized spacial score (nSPS) is 14.6. The van der Waals surface area contributed by atoms with Crippen molar-refractivity contribution >= 4 is 17.4 Å². The number of benzene rings is 2. The van der Waals surface area contributed by atoms with Gasteiger partial charge in [0, 0.05) is 49.4 Å². The highest BCUT2D eigenvalue weighted by Gasteiger charge is 2.36. The van der Waals surface area contributed by atoms with E-state index in [1.165, 1.54) is 28.0 Å². The summed E-state index contributed by atoms with van der Waals surface area (Å²) in [7, 11) is 0. The van der Waals surface area contributed by atoms with Gasteiger partial charge in [0.2, 0.25) is 0 Å². The number of hydrogen-bond donors (Lipinski definition) is 0. The van der Waals surface area contributed by atoms with Crippen LogP contribution in [-0.4, -0.2) is 42.8 Å². The summed E-state index contributed by atoms with van der Waals surface area (Å²) in [6.45, 7) is 2.26. The summed E-state index contributed by atoms with van der Waals surface area (Å²) in [5.41, 5.74) is -0.956. The van der Waals surface area contributed by atoms with Crippen molar-refractivity contribution in [3.63, 3.8) is 0 Å². The summed E-state index contributed by atoms with van der Waals surface area (Å²) < 4.78 is 67.5. The summed E-state index contributed by atoms with van der Waals surface area (Å²) in [5, 5.41) is 0. The quantitative estimate of drug-likeness (QED) is 0.489. The average molecular weight is 440 g/mol. The molecule has 2 aromatic carbocycles. The van der Waals surface area contributed by atoms with Gasteiger partial charge in [0.05, 0.1) is 5.56 Å². The molecule has 0 spiro atoms. The Balaban J connectivity index is 1.77. The summed E-state index contributed by atoms with van der Waals surface area (Å²) in [5.74, 6) is -3.07. The largest absolute Gasteiger partial charge is 0.418 e. The number of nitrogens with zero attached hydrogens (tertiary/aromatic N) is 2. The number of hydrogen-bond acceptors (Lipinski definition) is 3. The number of alkyl halides is 3. The lowest BCUT2D eigenvalue weighted by Gasteiger charge is -2.37. The molecule has 0 bridgehead atoms. The topological polar surface area (TPSA) is 40.6 Å². The first kappa shape index (κ1) is 22.7. The number of amides is 1. The predicted molar refractivity (Wildman–Crippen MR) is 105 cm³/mol. The van der Waals surface area contributed by atoms with E-state index in [1.807, 2.05) is 0 Å². The summed E-state index contributed by atoms with van der Waals surface area (Å²) in [6.07, 6.45) is -3.94. The van der Waals surface area contributed by atoms with Crippen molar-refractivity contribution in [3.05, 3.63) is 64.7 Å². The molecule has 0 aliphatic carbocycles. The Labute approximate surface area is 176 Å². The zero-order chi connectivity index (χ0) is 22.8. The highest BCUT2D eigenvalue weighted by molar-refractivity contribution is 5.97. The van der Waals surface area contributed by atoms with Gasteiger partial charge in [-0.05, 0) is 42.8 Å². The zero-order valence-electron chi connectivity index (χ0n) is 16.8. The van der Waals surface area contributed by atoms with E-state index >= 15 is 0 Å². The maximum absolute atomic E-state index is 13.7. The Kier molecular flexibility index (Phi) is 6.62. The second-order valence-electron chi connectivity index (χ2n) is 7.31. The molecule has 1 amide bonds. The maximum atomic E-state index is 13.7. The molecule has 1 fully saturated rings. The molecule has 0 radical (unpaired) electrons. The van der Waals surface area contributed by atoms with E-state index in [9.17, 15) is 31.5 Å². The van der Waals surface area contributed by atoms with Gasteiger partial charge in [0.1, 0.15) is 0 Å². The van der Waals surface area contributed by atoms with E-state index in [0.717, 1.165) is 18.2 Å². The molecular weight excluding hydrogens is 419 g/mol. The third kappa shape index (κ3) is 5.03. The molecule has 0 unspecified atom stereocenters. The van der Waals surface area contributed by atoms with Crippen molar-refractivity contribution in [3.8, 4) is 0 Å². The molecule has 0 atom stereocenters. The Bertz CT molecular complexity index is 982. The summed E-state index contributed by atoms with van der Waals surface area (Å²) in [4.78, 5) is 27.4. The standard InChI is InChI=1S/C22H21F5N2O2/c1-2-3-20(30)14-5-7-19(16(12-14)22(25,26)27)28-8-10-29(11-9-28)21(31)15-4-6-17(23)18(24)13-15/h4-7,12-13H,2-3,8-11H2,1H3. The molecule has 3 rings (SSSR count). The van der Waals surface area contributed by atoms with Gasteiger partial charge in [-0.15, -0.1) is 0 Å². The molecule has 1 aliphatic heterocycles. The first-order valence-electron chi connectivity index (χ1n) is 9.85. The van der Waals surface area contributed by atoms with Crippen LogP contribution in [0.15, 0.2) is 36.4 Å². The first-order valence-corrected chi connectivity index (χ1v) is 9.85. The van der Waals surface area contributed by atoms with Crippen LogP contribution in [-0.2, 0) is 6.18 Å². The zero-order valence-corrected chi connectivity index (χ0v) is 16.8. The van der Waals surface area contributed by atoms with Crippen molar-refractivity contribution < 1.29 is 31.5 Å². The minimum atomic E-state index is -4.64. The third-order valence-corrected chi connectivity index (χ3v) is 5.18. The van der Waals surface area contributed by atoms with Gasteiger partial charge in [0.15, 0.2) is 17.4 Å². The van der Waals surface area contributed by atoms with Crippen LogP contribution in [0.2, 0.25) is 0 Å². The average Bonchev–Trinajstić information content (AvgIpc) is 2.74. The lowest BCUT2D eigenvalue weighted by Crippen LogP contribution is -2.49. The van der Waals surface area contributed by atoms with Crippen molar-refractivity contribution in [1.82, 2.24) is 4.90 Å². The van der Waals surface area contributed by atoms with E-state index in [0.29, 0.717) is 6.42 Å². The van der Waals surface area contributed by atoms with Crippen molar-refractivity contribution in [2.75, 3.05) is 31.1 Å². The van der Waals surface area contributed by atoms with E-state index in [1.54, 1.807) is 6.92 Å². The molecule has 0 N–H and O–H groups in total. The number of piperazine rings is 1. The molecule has 4 nitrogen and oxygen atoms in total. The van der Waals surface area contributed by atoms with Crippen LogP contribution < -0.4 is 4.90 Å². The lowest BCUT2D eigenvalue weighted by molar-refractivity contribution is -0.137. The highest BCUT2D eigenvalue weighted by atomic mass is 19.4. The molecule has 9 heteroatoms. The predicted octanol–water partition coefficient (Wildman–Crippen LogP) is 4.93. The van der Waals surface area contributed by atoms with Gasteiger partial charge >= 0.3 is 6.18 Å². The number of rotatable bonds is 5. The van der Waals surface area contributed by atoms with Crippen molar-refractivity contribution in [2.24, 2.45) is 0 Å². The van der Waals surface area contributed by atoms with Gasteiger partial charge < -0.3 is 9.80 Å². The summed E-state index contributed by atoms with van der Waals surface area (Å²) >= 11 is 0. The molecule has 1 aliphatic rings. The molecule has 1 heterocycles. The lowest BCUT2D eigenvalue weighted by atomic mass is 10.0. The number of halogens is 5. The molecule has 2 aromatic rings. The maximum Gasteiger partial charge on any atom is 0.418 e. The Morgan fingerprint density at radius 3 is 2.13 bits per heavy atom. The Morgan fingerprint density at radius 2 is 1.55 bits per heavy atom. The van der Waals surface area contributed by atoms with Crippen LogP contribution in [0.4, 0.5) is 27.6 Å².